The molecule has 2 amide bonds. The number of nitrogens with zero attached hydrogens (tertiary/aromatic N) is 3. The fourth-order valence-electron chi connectivity index (χ4n) is 3.87. The first kappa shape index (κ1) is 22.2. The Bertz CT molecular complexity index is 977. The molecule has 1 aromatic rings. The van der Waals surface area contributed by atoms with E-state index in [2.05, 4.69) is 4.99 Å². The fraction of sp³-hybridized carbons (Fsp3) is 0.500. The number of amides is 2. The zero-order valence-corrected chi connectivity index (χ0v) is 18.0. The predicted octanol–water partition coefficient (Wildman–Crippen LogP) is 2.81. The zero-order valence-electron chi connectivity index (χ0n) is 18.0. The van der Waals surface area contributed by atoms with Crippen LogP contribution in [0.4, 0.5) is 25.0 Å². The maximum absolute atomic E-state index is 13.2. The van der Waals surface area contributed by atoms with Crippen LogP contribution in [0.25, 0.3) is 5.57 Å². The van der Waals surface area contributed by atoms with E-state index in [9.17, 15) is 18.4 Å². The number of carbonyl (C=O) groups is 2. The van der Waals surface area contributed by atoms with Crippen LogP contribution in [-0.4, -0.2) is 62.6 Å². The average Bonchev–Trinajstić information content (AvgIpc) is 3.33. The lowest BCUT2D eigenvalue weighted by molar-refractivity contribution is -0.117. The Hall–Kier alpha value is -3.01. The zero-order chi connectivity index (χ0) is 23.0. The van der Waals surface area contributed by atoms with Crippen molar-refractivity contribution >= 4 is 35.2 Å². The van der Waals surface area contributed by atoms with Crippen LogP contribution < -0.4 is 15.5 Å². The third-order valence-corrected chi connectivity index (χ3v) is 5.89. The lowest BCUT2D eigenvalue weighted by Gasteiger charge is -2.40. The van der Waals surface area contributed by atoms with Gasteiger partial charge in [0, 0.05) is 37.9 Å². The summed E-state index contributed by atoms with van der Waals surface area (Å²) >= 11 is 0. The number of allylic oxidation sites excluding steroid dienone is 1. The lowest BCUT2D eigenvalue weighted by Crippen LogP contribution is -2.51. The Balaban J connectivity index is 1.62. The number of hydrogen-bond donors (Lipinski definition) is 1. The van der Waals surface area contributed by atoms with E-state index in [0.29, 0.717) is 35.7 Å². The van der Waals surface area contributed by atoms with Crippen molar-refractivity contribution in [1.82, 2.24) is 0 Å². The molecule has 0 bridgehead atoms. The van der Waals surface area contributed by atoms with Crippen LogP contribution in [0, 0.1) is 5.92 Å². The molecule has 2 unspecified atom stereocenters. The van der Waals surface area contributed by atoms with Crippen molar-refractivity contribution in [2.24, 2.45) is 16.6 Å². The molecule has 10 heteroatoms. The summed E-state index contributed by atoms with van der Waals surface area (Å²) in [6, 6.07) is 5.03. The van der Waals surface area contributed by atoms with Gasteiger partial charge in [0.05, 0.1) is 42.6 Å². The van der Waals surface area contributed by atoms with Crippen LogP contribution in [0.2, 0.25) is 0 Å². The van der Waals surface area contributed by atoms with E-state index in [0.717, 1.165) is 0 Å². The van der Waals surface area contributed by atoms with Crippen LogP contribution in [0.3, 0.4) is 0 Å². The summed E-state index contributed by atoms with van der Waals surface area (Å²) in [4.78, 5) is 32.5. The molecular formula is C22H26F2N4O4. The van der Waals surface area contributed by atoms with Gasteiger partial charge in [0.1, 0.15) is 6.61 Å². The highest BCUT2D eigenvalue weighted by Gasteiger charge is 2.57. The van der Waals surface area contributed by atoms with E-state index in [4.69, 9.17) is 15.2 Å². The summed E-state index contributed by atoms with van der Waals surface area (Å²) in [5.41, 5.74) is 8.12. The van der Waals surface area contributed by atoms with E-state index >= 15 is 0 Å². The molecule has 2 atom stereocenters. The minimum Gasteiger partial charge on any atom is -0.449 e. The molecule has 2 aliphatic heterocycles. The van der Waals surface area contributed by atoms with Gasteiger partial charge < -0.3 is 20.1 Å². The van der Waals surface area contributed by atoms with Gasteiger partial charge in [-0.1, -0.05) is 6.07 Å². The minimum atomic E-state index is -2.77. The second-order valence-corrected chi connectivity index (χ2v) is 8.38. The van der Waals surface area contributed by atoms with E-state index in [1.165, 1.54) is 18.0 Å². The molecule has 3 aliphatic rings. The van der Waals surface area contributed by atoms with Gasteiger partial charge in [0.25, 0.3) is 5.92 Å². The summed E-state index contributed by atoms with van der Waals surface area (Å²) in [5, 5.41) is 0. The number of ether oxygens (including phenoxy) is 2. The molecule has 0 spiro atoms. The van der Waals surface area contributed by atoms with Gasteiger partial charge in [-0.25, -0.2) is 13.6 Å². The first-order valence-corrected chi connectivity index (χ1v) is 10.5. The molecular weight excluding hydrogens is 422 g/mol. The van der Waals surface area contributed by atoms with Gasteiger partial charge >= 0.3 is 6.09 Å². The van der Waals surface area contributed by atoms with Crippen LogP contribution >= 0.6 is 0 Å². The number of rotatable bonds is 5. The van der Waals surface area contributed by atoms with Crippen LogP contribution in [0.1, 0.15) is 25.8 Å². The lowest BCUT2D eigenvalue weighted by atomic mass is 10.0. The highest BCUT2D eigenvalue weighted by Crippen LogP contribution is 2.48. The summed E-state index contributed by atoms with van der Waals surface area (Å²) in [5.74, 6) is -3.87. The van der Waals surface area contributed by atoms with Crippen molar-refractivity contribution in [1.29, 1.82) is 0 Å². The van der Waals surface area contributed by atoms with Crippen molar-refractivity contribution in [3.8, 4) is 0 Å². The first-order chi connectivity index (χ1) is 15.2. The van der Waals surface area contributed by atoms with E-state index < -0.39 is 17.9 Å². The quantitative estimate of drug-likeness (QED) is 0.699. The SMILES string of the molecule is CC(=O)N1c2ccc(C(C=NC3COC3)=CN)cc2N(C(=O)OCC2CC2(F)F)CC1C. The van der Waals surface area contributed by atoms with Gasteiger partial charge in [-0.2, -0.15) is 0 Å². The normalized spacial score (nSPS) is 24.8. The number of nitrogens with two attached hydrogens (primary N) is 1. The Labute approximate surface area is 184 Å². The Morgan fingerprint density at radius 3 is 2.62 bits per heavy atom. The maximum atomic E-state index is 13.2. The highest BCUT2D eigenvalue weighted by molar-refractivity contribution is 6.11. The Morgan fingerprint density at radius 2 is 2.06 bits per heavy atom. The smallest absolute Gasteiger partial charge is 0.414 e. The Kier molecular flexibility index (Phi) is 5.89. The summed E-state index contributed by atoms with van der Waals surface area (Å²) < 4.78 is 36.7. The number of benzene rings is 1. The van der Waals surface area contributed by atoms with E-state index in [1.54, 1.807) is 29.3 Å². The number of halogens is 2. The standard InChI is InChI=1S/C22H26F2N4O4/c1-13-9-27(21(30)32-10-17-6-22(17,23)24)20-5-15(3-4-19(20)28(13)14(2)29)16(7-25)8-26-18-11-31-12-18/h3-5,7-8,13,17-18H,6,9-12,25H2,1-2H3. The van der Waals surface area contributed by atoms with Crippen LogP contribution in [-0.2, 0) is 14.3 Å². The molecule has 4 rings (SSSR count). The molecule has 0 aromatic heterocycles. The number of aliphatic imine (C=N–C) groups is 1. The Morgan fingerprint density at radius 1 is 1.34 bits per heavy atom. The van der Waals surface area contributed by atoms with Gasteiger partial charge in [-0.15, -0.1) is 0 Å². The number of carbonyl (C=O) groups excluding carboxylic acids is 2. The summed E-state index contributed by atoms with van der Waals surface area (Å²) in [6.07, 6.45) is 2.07. The fourth-order valence-corrected chi connectivity index (χ4v) is 3.87. The molecule has 0 radical (unpaired) electrons. The van der Waals surface area contributed by atoms with E-state index in [-0.39, 0.29) is 37.6 Å². The summed E-state index contributed by atoms with van der Waals surface area (Å²) in [7, 11) is 0. The van der Waals surface area contributed by atoms with Gasteiger partial charge in [0.15, 0.2) is 0 Å². The van der Waals surface area contributed by atoms with Crippen molar-refractivity contribution < 1.29 is 27.8 Å². The molecule has 2 N–H and O–H groups in total. The molecule has 8 nitrogen and oxygen atoms in total. The second kappa shape index (κ2) is 8.50. The van der Waals surface area contributed by atoms with Crippen LogP contribution in [0.15, 0.2) is 29.4 Å². The third kappa shape index (κ3) is 4.32. The minimum absolute atomic E-state index is 0.0867. The highest BCUT2D eigenvalue weighted by atomic mass is 19.3. The van der Waals surface area contributed by atoms with Crippen molar-refractivity contribution in [2.75, 3.05) is 36.2 Å². The molecule has 1 aliphatic carbocycles. The largest absolute Gasteiger partial charge is 0.449 e. The van der Waals surface area contributed by atoms with Gasteiger partial charge in [0.2, 0.25) is 5.91 Å². The van der Waals surface area contributed by atoms with Crippen LogP contribution in [0.5, 0.6) is 0 Å². The topological polar surface area (TPSA) is 97.5 Å². The average molecular weight is 448 g/mol. The predicted molar refractivity (Wildman–Crippen MR) is 116 cm³/mol. The number of fused-ring (bicyclic) bond motifs is 1. The van der Waals surface area contributed by atoms with Crippen molar-refractivity contribution in [3.63, 3.8) is 0 Å². The maximum Gasteiger partial charge on any atom is 0.414 e. The molecule has 32 heavy (non-hydrogen) atoms. The number of hydrogen-bond acceptors (Lipinski definition) is 6. The molecule has 172 valence electrons. The monoisotopic (exact) mass is 448 g/mol. The number of anilines is 2. The third-order valence-electron chi connectivity index (χ3n) is 5.89. The summed E-state index contributed by atoms with van der Waals surface area (Å²) in [6.45, 7) is 4.21. The second-order valence-electron chi connectivity index (χ2n) is 8.38. The molecule has 2 heterocycles. The van der Waals surface area contributed by atoms with Crippen molar-refractivity contribution in [3.05, 3.63) is 30.0 Å². The molecule has 1 saturated carbocycles. The number of alkyl halides is 2. The van der Waals surface area contributed by atoms with E-state index in [1.807, 2.05) is 6.92 Å². The first-order valence-electron chi connectivity index (χ1n) is 10.5. The molecule has 1 saturated heterocycles. The van der Waals surface area contributed by atoms with Crippen molar-refractivity contribution in [2.45, 2.75) is 38.3 Å². The van der Waals surface area contributed by atoms with Gasteiger partial charge in [-0.05, 0) is 24.6 Å². The molecule has 1 aromatic carbocycles. The molecule has 2 fully saturated rings. The van der Waals surface area contributed by atoms with Gasteiger partial charge in [-0.3, -0.25) is 14.7 Å².